The average molecular weight is 478 g/mol. The predicted molar refractivity (Wildman–Crippen MR) is 114 cm³/mol. The lowest BCUT2D eigenvalue weighted by Gasteiger charge is -2.36. The van der Waals surface area contributed by atoms with Crippen LogP contribution in [0.3, 0.4) is 0 Å². The van der Waals surface area contributed by atoms with Gasteiger partial charge < -0.3 is 4.90 Å². The van der Waals surface area contributed by atoms with Crippen LogP contribution in [0.5, 0.6) is 0 Å². The predicted octanol–water partition coefficient (Wildman–Crippen LogP) is 1.95. The Kier molecular flexibility index (Phi) is 7.42. The number of unbranched alkanes of at least 4 members (excludes halogenated alkanes) is 1. The summed E-state index contributed by atoms with van der Waals surface area (Å²) in [7, 11) is -6.87. The lowest BCUT2D eigenvalue weighted by atomic mass is 9.95. The van der Waals surface area contributed by atoms with E-state index in [4.69, 9.17) is 11.6 Å². The molecule has 0 saturated carbocycles. The van der Waals surface area contributed by atoms with E-state index in [1.54, 1.807) is 4.90 Å². The number of hydrogen-bond acceptors (Lipinski definition) is 6. The van der Waals surface area contributed by atoms with Crippen LogP contribution in [-0.4, -0.2) is 74.1 Å². The maximum atomic E-state index is 13.2. The molecule has 3 rings (SSSR count). The summed E-state index contributed by atoms with van der Waals surface area (Å²) < 4.78 is 50.9. The van der Waals surface area contributed by atoms with E-state index >= 15 is 0 Å². The monoisotopic (exact) mass is 477 g/mol. The zero-order chi connectivity index (χ0) is 21.9. The first-order valence-corrected chi connectivity index (χ1v) is 13.9. The van der Waals surface area contributed by atoms with E-state index in [1.807, 2.05) is 6.92 Å². The van der Waals surface area contributed by atoms with Crippen LogP contribution in [0.4, 0.5) is 0 Å². The van der Waals surface area contributed by atoms with Crippen molar-refractivity contribution in [3.05, 3.63) is 23.5 Å². The minimum absolute atomic E-state index is 0.0230. The van der Waals surface area contributed by atoms with Gasteiger partial charge in [-0.25, -0.2) is 21.8 Å². The highest BCUT2D eigenvalue weighted by Gasteiger charge is 2.39. The van der Waals surface area contributed by atoms with Gasteiger partial charge in [0.05, 0.1) is 11.5 Å². The van der Waals surface area contributed by atoms with Crippen molar-refractivity contribution in [2.75, 3.05) is 31.1 Å². The standard InChI is InChI=1S/C19H28ClN3O5S2/c1-2-3-10-23(16-8-13-29(25,26)14-16)19(24)15-6-11-22(12-7-15)30(27,28)17-5-4-9-21-18(17)20/h4-5,9,15-16H,2-3,6-8,10-14H2,1H3. The Hall–Kier alpha value is -1.23. The van der Waals surface area contributed by atoms with E-state index in [1.165, 1.54) is 22.6 Å². The molecule has 2 aliphatic rings. The molecule has 11 heteroatoms. The first-order valence-electron chi connectivity index (χ1n) is 10.3. The molecule has 0 spiro atoms. The van der Waals surface area contributed by atoms with Gasteiger partial charge in [-0.3, -0.25) is 4.79 Å². The topological polar surface area (TPSA) is 105 Å². The Balaban J connectivity index is 1.68. The molecule has 1 amide bonds. The number of aromatic nitrogens is 1. The summed E-state index contributed by atoms with van der Waals surface area (Å²) in [6.45, 7) is 3.00. The van der Waals surface area contributed by atoms with Crippen LogP contribution in [0.1, 0.15) is 39.0 Å². The molecule has 0 N–H and O–H groups in total. The largest absolute Gasteiger partial charge is 0.338 e. The van der Waals surface area contributed by atoms with E-state index in [-0.39, 0.29) is 52.5 Å². The van der Waals surface area contributed by atoms with Crippen LogP contribution in [0.2, 0.25) is 5.15 Å². The highest BCUT2D eigenvalue weighted by molar-refractivity contribution is 7.91. The molecule has 2 saturated heterocycles. The summed E-state index contributed by atoms with van der Waals surface area (Å²) >= 11 is 5.97. The minimum atomic E-state index is -3.77. The fraction of sp³-hybridized carbons (Fsp3) is 0.684. The van der Waals surface area contributed by atoms with Gasteiger partial charge in [0.2, 0.25) is 15.9 Å². The quantitative estimate of drug-likeness (QED) is 0.556. The molecule has 8 nitrogen and oxygen atoms in total. The number of nitrogens with zero attached hydrogens (tertiary/aromatic N) is 3. The Morgan fingerprint density at radius 2 is 2.00 bits per heavy atom. The average Bonchev–Trinajstić information content (AvgIpc) is 3.08. The number of piperidine rings is 1. The summed E-state index contributed by atoms with van der Waals surface area (Å²) in [5, 5.41) is -0.0658. The summed E-state index contributed by atoms with van der Waals surface area (Å²) in [4.78, 5) is 18.8. The first kappa shape index (κ1) is 23.4. The molecule has 3 heterocycles. The zero-order valence-corrected chi connectivity index (χ0v) is 19.4. The third-order valence-electron chi connectivity index (χ3n) is 5.83. The molecule has 1 atom stereocenters. The van der Waals surface area contributed by atoms with Crippen molar-refractivity contribution in [1.82, 2.24) is 14.2 Å². The van der Waals surface area contributed by atoms with Crippen LogP contribution < -0.4 is 0 Å². The van der Waals surface area contributed by atoms with E-state index in [9.17, 15) is 21.6 Å². The van der Waals surface area contributed by atoms with Crippen molar-refractivity contribution in [3.63, 3.8) is 0 Å². The van der Waals surface area contributed by atoms with Gasteiger partial charge in [0, 0.05) is 37.8 Å². The van der Waals surface area contributed by atoms with Crippen LogP contribution in [0.25, 0.3) is 0 Å². The highest BCUT2D eigenvalue weighted by atomic mass is 35.5. The smallest absolute Gasteiger partial charge is 0.246 e. The van der Waals surface area contributed by atoms with Crippen molar-refractivity contribution < 1.29 is 21.6 Å². The van der Waals surface area contributed by atoms with Crippen LogP contribution in [0.15, 0.2) is 23.2 Å². The van der Waals surface area contributed by atoms with Gasteiger partial charge in [-0.1, -0.05) is 24.9 Å². The van der Waals surface area contributed by atoms with Gasteiger partial charge >= 0.3 is 0 Å². The molecular weight excluding hydrogens is 450 g/mol. The number of sulfone groups is 1. The molecule has 30 heavy (non-hydrogen) atoms. The molecule has 2 fully saturated rings. The van der Waals surface area contributed by atoms with Crippen LogP contribution in [0, 0.1) is 5.92 Å². The van der Waals surface area contributed by atoms with Crippen molar-refractivity contribution in [1.29, 1.82) is 0 Å². The van der Waals surface area contributed by atoms with Gasteiger partial charge in [0.15, 0.2) is 9.84 Å². The van der Waals surface area contributed by atoms with Gasteiger partial charge in [0.1, 0.15) is 10.0 Å². The molecule has 1 aromatic rings. The van der Waals surface area contributed by atoms with Gasteiger partial charge in [-0.05, 0) is 37.8 Å². The first-order chi connectivity index (χ1) is 14.2. The molecule has 0 bridgehead atoms. The summed E-state index contributed by atoms with van der Waals surface area (Å²) in [6, 6.07) is 2.68. The second-order valence-corrected chi connectivity index (χ2v) is 12.4. The van der Waals surface area contributed by atoms with Crippen molar-refractivity contribution >= 4 is 37.4 Å². The Labute approximate surface area is 183 Å². The van der Waals surface area contributed by atoms with Crippen molar-refractivity contribution in [2.45, 2.75) is 50.0 Å². The third kappa shape index (κ3) is 5.15. The fourth-order valence-corrected chi connectivity index (χ4v) is 7.73. The van der Waals surface area contributed by atoms with E-state index in [0.29, 0.717) is 25.8 Å². The molecule has 0 aliphatic carbocycles. The highest BCUT2D eigenvalue weighted by Crippen LogP contribution is 2.29. The number of rotatable bonds is 7. The molecule has 1 aromatic heterocycles. The molecular formula is C19H28ClN3O5S2. The second kappa shape index (κ2) is 9.50. The second-order valence-electron chi connectivity index (χ2n) is 7.91. The van der Waals surface area contributed by atoms with E-state index < -0.39 is 19.9 Å². The van der Waals surface area contributed by atoms with Crippen molar-refractivity contribution in [3.8, 4) is 0 Å². The van der Waals surface area contributed by atoms with Crippen LogP contribution >= 0.6 is 11.6 Å². The molecule has 0 radical (unpaired) electrons. The summed E-state index contributed by atoms with van der Waals surface area (Å²) in [5.41, 5.74) is 0. The molecule has 168 valence electrons. The normalized spacial score (nSPS) is 22.8. The Morgan fingerprint density at radius 3 is 2.57 bits per heavy atom. The molecule has 2 aliphatic heterocycles. The summed E-state index contributed by atoms with van der Waals surface area (Å²) in [5.74, 6) is -0.214. The number of amides is 1. The number of pyridine rings is 1. The number of carbonyl (C=O) groups excluding carboxylic acids is 1. The third-order valence-corrected chi connectivity index (χ3v) is 9.92. The maximum absolute atomic E-state index is 13.2. The number of sulfonamides is 1. The fourth-order valence-electron chi connectivity index (χ4n) is 4.10. The van der Waals surface area contributed by atoms with Gasteiger partial charge in [-0.2, -0.15) is 4.31 Å². The Bertz CT molecular complexity index is 976. The lowest BCUT2D eigenvalue weighted by Crippen LogP contribution is -2.48. The minimum Gasteiger partial charge on any atom is -0.338 e. The molecule has 1 unspecified atom stereocenters. The number of hydrogen-bond donors (Lipinski definition) is 0. The van der Waals surface area contributed by atoms with E-state index in [2.05, 4.69) is 4.98 Å². The maximum Gasteiger partial charge on any atom is 0.246 e. The van der Waals surface area contributed by atoms with Gasteiger partial charge in [0.25, 0.3) is 0 Å². The van der Waals surface area contributed by atoms with Crippen LogP contribution in [-0.2, 0) is 24.7 Å². The lowest BCUT2D eigenvalue weighted by molar-refractivity contribution is -0.138. The van der Waals surface area contributed by atoms with Gasteiger partial charge in [-0.15, -0.1) is 0 Å². The zero-order valence-electron chi connectivity index (χ0n) is 17.0. The molecule has 0 aromatic carbocycles. The number of halogens is 1. The van der Waals surface area contributed by atoms with E-state index in [0.717, 1.165) is 12.8 Å². The SMILES string of the molecule is CCCCN(C(=O)C1CCN(S(=O)(=O)c2cccnc2Cl)CC1)C1CCS(=O)(=O)C1. The Morgan fingerprint density at radius 1 is 1.30 bits per heavy atom. The summed E-state index contributed by atoms with van der Waals surface area (Å²) in [6.07, 6.45) is 4.43. The van der Waals surface area contributed by atoms with Crippen molar-refractivity contribution in [2.24, 2.45) is 5.92 Å². The number of carbonyl (C=O) groups is 1.